The van der Waals surface area contributed by atoms with Gasteiger partial charge in [-0.05, 0) is 172 Å². The monoisotopic (exact) mass is 940 g/mol. The van der Waals surface area contributed by atoms with Gasteiger partial charge in [0.2, 0.25) is 17.8 Å². The van der Waals surface area contributed by atoms with Gasteiger partial charge in [0.05, 0.1) is 33.4 Å². The van der Waals surface area contributed by atoms with E-state index in [1.807, 2.05) is 0 Å². The number of anilines is 3. The number of aromatic nitrogens is 5. The predicted molar refractivity (Wildman–Crippen MR) is 304 cm³/mol. The zero-order valence-electron chi connectivity index (χ0n) is 42.3. The van der Waals surface area contributed by atoms with E-state index in [9.17, 15) is 0 Å². The summed E-state index contributed by atoms with van der Waals surface area (Å²) < 4.78 is 4.50. The molecule has 0 spiro atoms. The van der Waals surface area contributed by atoms with Crippen LogP contribution in [-0.2, 0) is 10.8 Å². The van der Waals surface area contributed by atoms with E-state index in [1.54, 1.807) is 0 Å². The highest BCUT2D eigenvalue weighted by Crippen LogP contribution is 2.58. The minimum atomic E-state index is -0.367. The maximum absolute atomic E-state index is 5.71. The van der Waals surface area contributed by atoms with Crippen LogP contribution < -0.4 is 4.90 Å². The van der Waals surface area contributed by atoms with E-state index in [1.165, 1.54) is 109 Å². The van der Waals surface area contributed by atoms with Gasteiger partial charge in [-0.25, -0.2) is 0 Å². The molecule has 13 aromatic rings. The molecule has 0 atom stereocenters. The Kier molecular flexibility index (Phi) is 8.37. The average molecular weight is 941 g/mol. The van der Waals surface area contributed by atoms with E-state index >= 15 is 0 Å². The van der Waals surface area contributed by atoms with E-state index in [4.69, 9.17) is 15.0 Å². The lowest BCUT2D eigenvalue weighted by Crippen LogP contribution is -2.32. The highest BCUT2D eigenvalue weighted by molar-refractivity contribution is 6.26. The first-order valence-electron chi connectivity index (χ1n) is 25.6. The zero-order valence-corrected chi connectivity index (χ0v) is 42.3. The van der Waals surface area contributed by atoms with Crippen LogP contribution in [0.1, 0.15) is 72.2 Å². The van der Waals surface area contributed by atoms with Crippen molar-refractivity contribution in [3.05, 3.63) is 214 Å². The van der Waals surface area contributed by atoms with Gasteiger partial charge in [0.1, 0.15) is 0 Å². The van der Waals surface area contributed by atoms with Crippen molar-refractivity contribution in [1.82, 2.24) is 24.1 Å². The van der Waals surface area contributed by atoms with Crippen molar-refractivity contribution in [1.29, 1.82) is 0 Å². The first-order chi connectivity index (χ1) is 35.3. The van der Waals surface area contributed by atoms with Gasteiger partial charge in [0.25, 0.3) is 0 Å². The fourth-order valence-corrected chi connectivity index (χ4v) is 13.1. The molecule has 0 radical (unpaired) electrons. The van der Waals surface area contributed by atoms with Crippen molar-refractivity contribution in [2.45, 2.75) is 66.2 Å². The lowest BCUT2D eigenvalue weighted by atomic mass is 9.72. The molecule has 4 heterocycles. The fourth-order valence-electron chi connectivity index (χ4n) is 13.1. The topological polar surface area (TPSA) is 51.8 Å². The van der Waals surface area contributed by atoms with Crippen LogP contribution in [0.5, 0.6) is 0 Å². The Balaban J connectivity index is 1.04. The molecule has 73 heavy (non-hydrogen) atoms. The molecule has 0 bridgehead atoms. The van der Waals surface area contributed by atoms with Crippen molar-refractivity contribution in [3.63, 3.8) is 0 Å². The third kappa shape index (κ3) is 5.72. The number of nitrogens with zero attached hydrogens (tertiary/aromatic N) is 6. The average Bonchev–Trinajstić information content (AvgIpc) is 3.96. The molecule has 0 N–H and O–H groups in total. The first kappa shape index (κ1) is 42.1. The van der Waals surface area contributed by atoms with E-state index < -0.39 is 0 Å². The number of benzene rings is 10. The molecular weight excluding hydrogens is 889 g/mol. The summed E-state index contributed by atoms with van der Waals surface area (Å²) in [4.78, 5) is 19.4. The standard InChI is InChI=1S/C67H52N6/c1-37-21-25-57-49(29-37)50-30-38(2)22-26-58(50)71(57)63-68-64(72-59-27-23-39(3)31-51(59)52-32-40(4)24-28-60(52)72)70-65(69-63)73-61-20-14-13-19-53(61)66(5,6)56-35-48-47-33-45-43-17-11-9-15-41(43)42-16-10-12-18-44(42)46(45)34-54(47)67(7,8)55(48)36-62(56)73/h9-36H,1-8H3. The summed E-state index contributed by atoms with van der Waals surface area (Å²) >= 11 is 0. The smallest absolute Gasteiger partial charge is 0.241 e. The van der Waals surface area contributed by atoms with E-state index in [-0.39, 0.29) is 10.8 Å². The van der Waals surface area contributed by atoms with Gasteiger partial charge in [-0.1, -0.05) is 141 Å². The van der Waals surface area contributed by atoms with Crippen LogP contribution in [0.4, 0.5) is 17.3 Å². The molecule has 3 aromatic heterocycles. The van der Waals surface area contributed by atoms with Gasteiger partial charge in [-0.15, -0.1) is 0 Å². The summed E-state index contributed by atoms with van der Waals surface area (Å²) in [6.07, 6.45) is 0. The number of fused-ring (bicyclic) bond motifs is 17. The molecule has 0 amide bonds. The van der Waals surface area contributed by atoms with Gasteiger partial charge in [0, 0.05) is 32.4 Å². The maximum atomic E-state index is 5.71. The van der Waals surface area contributed by atoms with Crippen LogP contribution in [0.3, 0.4) is 0 Å². The Bertz CT molecular complexity index is 4360. The Morgan fingerprint density at radius 2 is 0.685 bits per heavy atom. The quantitative estimate of drug-likeness (QED) is 0.166. The van der Waals surface area contributed by atoms with Gasteiger partial charge in [-0.2, -0.15) is 15.0 Å². The largest absolute Gasteiger partial charge is 0.278 e. The van der Waals surface area contributed by atoms with Crippen LogP contribution in [0.2, 0.25) is 0 Å². The third-order valence-electron chi connectivity index (χ3n) is 16.7. The predicted octanol–water partition coefficient (Wildman–Crippen LogP) is 17.2. The molecule has 1 aliphatic carbocycles. The first-order valence-corrected chi connectivity index (χ1v) is 25.6. The molecule has 10 aromatic carbocycles. The SMILES string of the molecule is Cc1ccc2c(c1)c1cc(C)ccc1n2-c1nc(N2c3ccccc3C(C)(C)c3cc4c(cc32)C(C)(C)c2cc3c5ccccc5c5ccccc5c3cc2-4)nc(-n2c3ccc(C)cc3c3cc(C)ccc32)n1. The van der Waals surface area contributed by atoms with E-state index in [0.717, 1.165) is 33.4 Å². The number of para-hydroxylation sites is 1. The van der Waals surface area contributed by atoms with Crippen molar-refractivity contribution in [2.24, 2.45) is 0 Å². The Morgan fingerprint density at radius 3 is 1.18 bits per heavy atom. The van der Waals surface area contributed by atoms with Crippen molar-refractivity contribution >= 4 is 93.3 Å². The molecule has 0 saturated heterocycles. The summed E-state index contributed by atoms with van der Waals surface area (Å²) in [5, 5.41) is 12.4. The second kappa shape index (κ2) is 14.5. The molecule has 15 rings (SSSR count). The van der Waals surface area contributed by atoms with Crippen LogP contribution >= 0.6 is 0 Å². The number of rotatable bonds is 3. The Hall–Kier alpha value is -8.61. The van der Waals surface area contributed by atoms with Crippen molar-refractivity contribution in [2.75, 3.05) is 4.90 Å². The minimum absolute atomic E-state index is 0.318. The minimum Gasteiger partial charge on any atom is -0.278 e. The normalized spacial score (nSPS) is 14.5. The van der Waals surface area contributed by atoms with Gasteiger partial charge >= 0.3 is 0 Å². The molecular formula is C67H52N6. The highest BCUT2D eigenvalue weighted by Gasteiger charge is 2.43. The second-order valence-electron chi connectivity index (χ2n) is 22.0. The summed E-state index contributed by atoms with van der Waals surface area (Å²) in [6, 6.07) is 63.5. The maximum Gasteiger partial charge on any atom is 0.241 e. The molecule has 2 aliphatic rings. The number of aryl methyl sites for hydroxylation is 4. The van der Waals surface area contributed by atoms with Crippen LogP contribution in [0.25, 0.3) is 99.0 Å². The zero-order chi connectivity index (χ0) is 49.4. The highest BCUT2D eigenvalue weighted by atomic mass is 15.4. The molecule has 6 heteroatoms. The van der Waals surface area contributed by atoms with Gasteiger partial charge < -0.3 is 0 Å². The summed E-state index contributed by atoms with van der Waals surface area (Å²) in [6.45, 7) is 18.2. The Labute approximate surface area is 423 Å². The summed E-state index contributed by atoms with van der Waals surface area (Å²) in [5.41, 5.74) is 18.1. The van der Waals surface area contributed by atoms with E-state index in [2.05, 4.69) is 239 Å². The molecule has 350 valence electrons. The lowest BCUT2D eigenvalue weighted by Gasteiger charge is -2.41. The second-order valence-corrected chi connectivity index (χ2v) is 22.0. The molecule has 6 nitrogen and oxygen atoms in total. The van der Waals surface area contributed by atoms with Gasteiger partial charge in [-0.3, -0.25) is 14.0 Å². The molecule has 1 aliphatic heterocycles. The lowest BCUT2D eigenvalue weighted by molar-refractivity contribution is 0.626. The molecule has 0 saturated carbocycles. The molecule has 0 unspecified atom stereocenters. The van der Waals surface area contributed by atoms with E-state index in [0.29, 0.717) is 17.8 Å². The fraction of sp³-hybridized carbons (Fsp3) is 0.149. The van der Waals surface area contributed by atoms with Crippen molar-refractivity contribution < 1.29 is 0 Å². The Morgan fingerprint density at radius 1 is 0.301 bits per heavy atom. The number of hydrogen-bond acceptors (Lipinski definition) is 4. The van der Waals surface area contributed by atoms with Gasteiger partial charge in [0.15, 0.2) is 0 Å². The molecule has 0 fully saturated rings. The third-order valence-corrected chi connectivity index (χ3v) is 16.7. The summed E-state index contributed by atoms with van der Waals surface area (Å²) in [7, 11) is 0. The van der Waals surface area contributed by atoms with Crippen LogP contribution in [-0.4, -0.2) is 24.1 Å². The van der Waals surface area contributed by atoms with Crippen molar-refractivity contribution in [3.8, 4) is 23.0 Å². The number of hydrogen-bond donors (Lipinski definition) is 0. The van der Waals surface area contributed by atoms with Crippen LogP contribution in [0, 0.1) is 27.7 Å². The summed E-state index contributed by atoms with van der Waals surface area (Å²) in [5.74, 6) is 1.68. The van der Waals surface area contributed by atoms with Crippen LogP contribution in [0.15, 0.2) is 170 Å².